The summed E-state index contributed by atoms with van der Waals surface area (Å²) in [6.07, 6.45) is 0.383. The van der Waals surface area contributed by atoms with Crippen LogP contribution in [0.3, 0.4) is 0 Å². The van der Waals surface area contributed by atoms with Crippen molar-refractivity contribution in [3.8, 4) is 0 Å². The van der Waals surface area contributed by atoms with E-state index in [4.69, 9.17) is 4.74 Å². The number of aliphatic carboxylic acids is 1. The van der Waals surface area contributed by atoms with Crippen molar-refractivity contribution in [1.82, 2.24) is 15.1 Å². The molecule has 4 aliphatic rings. The summed E-state index contributed by atoms with van der Waals surface area (Å²) in [5.74, 6) is -2.12. The molecule has 4 rings (SSSR count). The largest absolute Gasteiger partial charge is 0.477 e. The van der Waals surface area contributed by atoms with Crippen LogP contribution in [0.5, 0.6) is 0 Å². The number of rotatable bonds is 4. The highest BCUT2D eigenvalue weighted by Gasteiger charge is 2.64. The maximum absolute atomic E-state index is 12.3. The van der Waals surface area contributed by atoms with Gasteiger partial charge in [0.05, 0.1) is 6.04 Å². The molecule has 1 saturated carbocycles. The second kappa shape index (κ2) is 5.36. The molecule has 10 nitrogen and oxygen atoms in total. The molecule has 0 spiro atoms. The maximum atomic E-state index is 12.3. The van der Waals surface area contributed by atoms with Gasteiger partial charge in [0, 0.05) is 24.1 Å². The van der Waals surface area contributed by atoms with Crippen LogP contribution < -0.4 is 5.32 Å². The lowest BCUT2D eigenvalue weighted by atomic mass is 9.78. The zero-order valence-corrected chi connectivity index (χ0v) is 13.2. The van der Waals surface area contributed by atoms with Crippen LogP contribution >= 0.6 is 0 Å². The van der Waals surface area contributed by atoms with Crippen LogP contribution in [0, 0.1) is 5.92 Å². The van der Waals surface area contributed by atoms with E-state index in [1.807, 2.05) is 0 Å². The molecule has 3 fully saturated rings. The lowest BCUT2D eigenvalue weighted by Crippen LogP contribution is -2.73. The van der Waals surface area contributed by atoms with Gasteiger partial charge in [-0.25, -0.2) is 14.4 Å². The van der Waals surface area contributed by atoms with Crippen molar-refractivity contribution in [3.63, 3.8) is 0 Å². The second-order valence-corrected chi connectivity index (χ2v) is 6.69. The number of carbonyl (C=O) groups is 4. The normalized spacial score (nSPS) is 29.9. The summed E-state index contributed by atoms with van der Waals surface area (Å²) in [6.45, 7) is -0.0731. The third kappa shape index (κ3) is 2.31. The number of β-lactam (4-membered cyclic amide) rings is 1. The summed E-state index contributed by atoms with van der Waals surface area (Å²) >= 11 is 0. The van der Waals surface area contributed by atoms with Gasteiger partial charge in [0.1, 0.15) is 18.3 Å². The molecule has 3 N–H and O–H groups in total. The van der Waals surface area contributed by atoms with E-state index in [9.17, 15) is 29.4 Å². The van der Waals surface area contributed by atoms with Gasteiger partial charge in [-0.1, -0.05) is 0 Å². The predicted octanol–water partition coefficient (Wildman–Crippen LogP) is -0.193. The van der Waals surface area contributed by atoms with E-state index in [1.54, 1.807) is 0 Å². The summed E-state index contributed by atoms with van der Waals surface area (Å²) in [5.41, 5.74) is 0.201. The molecule has 0 aromatic carbocycles. The standard InChI is InChI=1S/C15H17N3O7/c19-12-11-9-7(3-4-17(11)15(23)24)8(10(13(20)21)18(9)12)5-25-14(22)16-6-1-2-6/h6-7,9,11H,1-5H2,(H,16,22)(H,20,21)(H,23,24)/t7?,9-,11+/m1/s1. The maximum Gasteiger partial charge on any atom is 0.408 e. The number of nitrogens with zero attached hydrogens (tertiary/aromatic N) is 2. The van der Waals surface area contributed by atoms with Crippen LogP contribution in [0.1, 0.15) is 19.3 Å². The summed E-state index contributed by atoms with van der Waals surface area (Å²) in [4.78, 5) is 49.2. The van der Waals surface area contributed by atoms with Gasteiger partial charge in [-0.15, -0.1) is 0 Å². The fourth-order valence-electron chi connectivity index (χ4n) is 3.98. The van der Waals surface area contributed by atoms with Crippen molar-refractivity contribution in [2.45, 2.75) is 37.4 Å². The highest BCUT2D eigenvalue weighted by atomic mass is 16.5. The average molecular weight is 351 g/mol. The minimum Gasteiger partial charge on any atom is -0.477 e. The first-order valence-corrected chi connectivity index (χ1v) is 8.12. The zero-order chi connectivity index (χ0) is 17.9. The molecule has 0 bridgehead atoms. The fraction of sp³-hybridized carbons (Fsp3) is 0.600. The molecule has 0 aromatic heterocycles. The monoisotopic (exact) mass is 351 g/mol. The number of carboxylic acid groups (broad SMARTS) is 2. The number of hydrogen-bond donors (Lipinski definition) is 3. The molecule has 2 saturated heterocycles. The molecule has 3 aliphatic heterocycles. The van der Waals surface area contributed by atoms with Gasteiger partial charge in [-0.2, -0.15) is 0 Å². The molecule has 3 atom stereocenters. The van der Waals surface area contributed by atoms with Crippen LogP contribution in [-0.4, -0.2) is 75.4 Å². The van der Waals surface area contributed by atoms with Crippen molar-refractivity contribution < 1.29 is 34.1 Å². The lowest BCUT2D eigenvalue weighted by molar-refractivity contribution is -0.161. The van der Waals surface area contributed by atoms with Crippen LogP contribution in [0.15, 0.2) is 11.3 Å². The van der Waals surface area contributed by atoms with Gasteiger partial charge in [-0.05, 0) is 19.3 Å². The SMILES string of the molecule is O=C(NC1CC1)OCC1=C(C(=O)O)N2C(=O)[C@@H]3[C@H]2C1CCN3C(=O)O. The number of carbonyl (C=O) groups excluding carboxylic acids is 2. The smallest absolute Gasteiger partial charge is 0.408 e. The summed E-state index contributed by atoms with van der Waals surface area (Å²) in [7, 11) is 0. The van der Waals surface area contributed by atoms with E-state index < -0.39 is 36.1 Å². The van der Waals surface area contributed by atoms with Gasteiger partial charge in [0.25, 0.3) is 5.91 Å². The van der Waals surface area contributed by atoms with E-state index in [0.29, 0.717) is 12.0 Å². The summed E-state index contributed by atoms with van der Waals surface area (Å²) in [5, 5.41) is 21.4. The van der Waals surface area contributed by atoms with Crippen molar-refractivity contribution in [3.05, 3.63) is 11.3 Å². The van der Waals surface area contributed by atoms with Gasteiger partial charge < -0.3 is 20.3 Å². The average Bonchev–Trinajstić information content (AvgIpc) is 3.30. The number of carboxylic acids is 1. The van der Waals surface area contributed by atoms with Crippen molar-refractivity contribution in [1.29, 1.82) is 0 Å². The summed E-state index contributed by atoms with van der Waals surface area (Å²) in [6, 6.07) is -1.26. The molecule has 3 amide bonds. The molecular weight excluding hydrogens is 334 g/mol. The highest BCUT2D eigenvalue weighted by Crippen LogP contribution is 2.48. The predicted molar refractivity (Wildman–Crippen MR) is 79.4 cm³/mol. The van der Waals surface area contributed by atoms with Gasteiger partial charge in [-0.3, -0.25) is 14.6 Å². The Morgan fingerprint density at radius 1 is 1.20 bits per heavy atom. The molecule has 25 heavy (non-hydrogen) atoms. The number of alkyl carbamates (subject to hydrolysis) is 1. The number of nitrogens with one attached hydrogen (secondary N) is 1. The Bertz CT molecular complexity index is 714. The third-order valence-electron chi connectivity index (χ3n) is 5.24. The second-order valence-electron chi connectivity index (χ2n) is 6.69. The first kappa shape index (κ1) is 15.7. The van der Waals surface area contributed by atoms with Crippen molar-refractivity contribution >= 4 is 24.1 Å². The van der Waals surface area contributed by atoms with E-state index in [1.165, 1.54) is 0 Å². The highest BCUT2D eigenvalue weighted by molar-refractivity contribution is 6.02. The van der Waals surface area contributed by atoms with Crippen LogP contribution in [0.4, 0.5) is 9.59 Å². The van der Waals surface area contributed by atoms with E-state index in [-0.39, 0.29) is 30.8 Å². The van der Waals surface area contributed by atoms with E-state index in [0.717, 1.165) is 22.6 Å². The number of ether oxygens (including phenoxy) is 1. The molecule has 1 aliphatic carbocycles. The third-order valence-corrected chi connectivity index (χ3v) is 5.24. The van der Waals surface area contributed by atoms with Crippen LogP contribution in [-0.2, 0) is 14.3 Å². The van der Waals surface area contributed by atoms with Crippen LogP contribution in [0.25, 0.3) is 0 Å². The molecule has 1 unspecified atom stereocenters. The Morgan fingerprint density at radius 3 is 2.52 bits per heavy atom. The Morgan fingerprint density at radius 2 is 1.92 bits per heavy atom. The number of likely N-dealkylation sites (tertiary alicyclic amines) is 1. The summed E-state index contributed by atoms with van der Waals surface area (Å²) < 4.78 is 5.14. The molecule has 0 radical (unpaired) electrons. The van der Waals surface area contributed by atoms with Gasteiger partial charge >= 0.3 is 18.2 Å². The quantitative estimate of drug-likeness (QED) is 0.597. The Labute approximate surface area is 142 Å². The first-order chi connectivity index (χ1) is 11.9. The first-order valence-electron chi connectivity index (χ1n) is 8.12. The molecular formula is C15H17N3O7. The van der Waals surface area contributed by atoms with E-state index in [2.05, 4.69) is 5.32 Å². The number of hydrogen-bond acceptors (Lipinski definition) is 5. The zero-order valence-electron chi connectivity index (χ0n) is 13.2. The minimum atomic E-state index is -1.27. The van der Waals surface area contributed by atoms with Gasteiger partial charge in [0.2, 0.25) is 0 Å². The number of amides is 3. The Balaban J connectivity index is 1.55. The molecule has 3 heterocycles. The van der Waals surface area contributed by atoms with Crippen LogP contribution in [0.2, 0.25) is 0 Å². The Kier molecular flexibility index (Phi) is 3.37. The topological polar surface area (TPSA) is 136 Å². The van der Waals surface area contributed by atoms with Crippen molar-refractivity contribution in [2.75, 3.05) is 13.2 Å². The lowest BCUT2D eigenvalue weighted by Gasteiger charge is -2.52. The number of piperidine rings is 1. The molecule has 0 aromatic rings. The Hall–Kier alpha value is -2.78. The molecule has 134 valence electrons. The van der Waals surface area contributed by atoms with E-state index >= 15 is 0 Å². The minimum absolute atomic E-state index is 0.119. The van der Waals surface area contributed by atoms with Gasteiger partial charge in [0.15, 0.2) is 0 Å². The fourth-order valence-corrected chi connectivity index (χ4v) is 3.98. The van der Waals surface area contributed by atoms with Crippen molar-refractivity contribution in [2.24, 2.45) is 5.92 Å². The molecule has 10 heteroatoms.